The fourth-order valence-electron chi connectivity index (χ4n) is 3.68. The third-order valence-corrected chi connectivity index (χ3v) is 5.10. The molecule has 2 heterocycles. The van der Waals surface area contributed by atoms with Gasteiger partial charge in [0.15, 0.2) is 0 Å². The molecule has 1 fully saturated rings. The van der Waals surface area contributed by atoms with Crippen LogP contribution in [0, 0.1) is 6.92 Å². The molecule has 2 amide bonds. The van der Waals surface area contributed by atoms with Crippen molar-refractivity contribution in [1.82, 2.24) is 15.2 Å². The van der Waals surface area contributed by atoms with Crippen molar-refractivity contribution in [2.45, 2.75) is 45.6 Å². The number of benzene rings is 1. The maximum atomic E-state index is 13.1. The van der Waals surface area contributed by atoms with Gasteiger partial charge in [0.1, 0.15) is 5.56 Å². The van der Waals surface area contributed by atoms with Crippen molar-refractivity contribution in [1.29, 1.82) is 0 Å². The minimum atomic E-state index is -0.376. The van der Waals surface area contributed by atoms with Crippen LogP contribution >= 0.6 is 0 Å². The number of nitrogens with zero attached hydrogens (tertiary/aromatic N) is 1. The van der Waals surface area contributed by atoms with Gasteiger partial charge in [-0.25, -0.2) is 0 Å². The standard InChI is InChI=1S/C22H27N3O3/c1-3-8-20(26)24-17-11-7-12-25(14-17)22(28)19-13-18(15(2)23-21(19)27)16-9-5-4-6-10-16/h4-6,9-10,13,17H,3,7-8,11-12,14H2,1-2H3,(H,23,27)(H,24,26)/t17-/m1/s1. The van der Waals surface area contributed by atoms with Crippen LogP contribution in [0.3, 0.4) is 0 Å². The van der Waals surface area contributed by atoms with E-state index in [2.05, 4.69) is 10.3 Å². The van der Waals surface area contributed by atoms with Crippen molar-refractivity contribution in [3.05, 3.63) is 58.0 Å². The number of aromatic amines is 1. The summed E-state index contributed by atoms with van der Waals surface area (Å²) in [4.78, 5) is 41.9. The molecule has 28 heavy (non-hydrogen) atoms. The predicted molar refractivity (Wildman–Crippen MR) is 109 cm³/mol. The smallest absolute Gasteiger partial charge is 0.261 e. The average Bonchev–Trinajstić information content (AvgIpc) is 2.68. The van der Waals surface area contributed by atoms with E-state index in [1.165, 1.54) is 0 Å². The molecule has 0 spiro atoms. The Morgan fingerprint density at radius 1 is 1.25 bits per heavy atom. The molecule has 3 rings (SSSR count). The summed E-state index contributed by atoms with van der Waals surface area (Å²) in [6.07, 6.45) is 2.93. The summed E-state index contributed by atoms with van der Waals surface area (Å²) in [5.74, 6) is -0.269. The Hall–Kier alpha value is -2.89. The number of carbonyl (C=O) groups excluding carboxylic acids is 2. The molecular weight excluding hydrogens is 354 g/mol. The predicted octanol–water partition coefficient (Wildman–Crippen LogP) is 2.87. The zero-order valence-corrected chi connectivity index (χ0v) is 16.5. The van der Waals surface area contributed by atoms with Crippen LogP contribution in [-0.2, 0) is 4.79 Å². The Labute approximate surface area is 165 Å². The van der Waals surface area contributed by atoms with Crippen LogP contribution in [0.4, 0.5) is 0 Å². The lowest BCUT2D eigenvalue weighted by molar-refractivity contribution is -0.122. The highest BCUT2D eigenvalue weighted by atomic mass is 16.2. The molecule has 1 saturated heterocycles. The normalized spacial score (nSPS) is 16.6. The van der Waals surface area contributed by atoms with E-state index in [0.717, 1.165) is 36.1 Å². The zero-order chi connectivity index (χ0) is 20.1. The first-order valence-electron chi connectivity index (χ1n) is 9.87. The largest absolute Gasteiger partial charge is 0.352 e. The molecule has 1 aliphatic heterocycles. The summed E-state index contributed by atoms with van der Waals surface area (Å²) in [5, 5.41) is 3.00. The highest BCUT2D eigenvalue weighted by Gasteiger charge is 2.27. The highest BCUT2D eigenvalue weighted by molar-refractivity contribution is 5.95. The van der Waals surface area contributed by atoms with Crippen molar-refractivity contribution < 1.29 is 9.59 Å². The molecule has 1 aromatic heterocycles. The topological polar surface area (TPSA) is 82.3 Å². The fourth-order valence-corrected chi connectivity index (χ4v) is 3.68. The van der Waals surface area contributed by atoms with Crippen LogP contribution in [0.2, 0.25) is 0 Å². The first kappa shape index (κ1) is 19.9. The third-order valence-electron chi connectivity index (χ3n) is 5.10. The maximum absolute atomic E-state index is 13.1. The van der Waals surface area contributed by atoms with Crippen LogP contribution in [0.15, 0.2) is 41.2 Å². The second-order valence-corrected chi connectivity index (χ2v) is 7.32. The van der Waals surface area contributed by atoms with Gasteiger partial charge in [0.2, 0.25) is 5.91 Å². The molecule has 6 heteroatoms. The van der Waals surface area contributed by atoms with Gasteiger partial charge in [-0.2, -0.15) is 0 Å². The van der Waals surface area contributed by atoms with Crippen LogP contribution in [-0.4, -0.2) is 40.8 Å². The van der Waals surface area contributed by atoms with Crippen molar-refractivity contribution in [3.8, 4) is 11.1 Å². The van der Waals surface area contributed by atoms with Gasteiger partial charge >= 0.3 is 0 Å². The lowest BCUT2D eigenvalue weighted by Crippen LogP contribution is -2.50. The number of pyridine rings is 1. The van der Waals surface area contributed by atoms with Gasteiger partial charge in [0.05, 0.1) is 0 Å². The number of hydrogen-bond acceptors (Lipinski definition) is 3. The molecule has 0 unspecified atom stereocenters. The Morgan fingerprint density at radius 2 is 2.00 bits per heavy atom. The molecule has 0 aliphatic carbocycles. The van der Waals surface area contributed by atoms with Gasteiger partial charge in [0.25, 0.3) is 11.5 Å². The molecule has 6 nitrogen and oxygen atoms in total. The zero-order valence-electron chi connectivity index (χ0n) is 16.5. The first-order valence-corrected chi connectivity index (χ1v) is 9.87. The maximum Gasteiger partial charge on any atom is 0.261 e. The van der Waals surface area contributed by atoms with E-state index in [1.807, 2.05) is 44.2 Å². The molecule has 1 atom stereocenters. The monoisotopic (exact) mass is 381 g/mol. The third kappa shape index (κ3) is 4.50. The second kappa shape index (κ2) is 8.87. The van der Waals surface area contributed by atoms with Gasteiger partial charge in [-0.1, -0.05) is 37.3 Å². The van der Waals surface area contributed by atoms with Gasteiger partial charge in [-0.15, -0.1) is 0 Å². The van der Waals surface area contributed by atoms with E-state index >= 15 is 0 Å². The number of carbonyl (C=O) groups is 2. The van der Waals surface area contributed by atoms with Gasteiger partial charge < -0.3 is 15.2 Å². The fraction of sp³-hybridized carbons (Fsp3) is 0.409. The highest BCUT2D eigenvalue weighted by Crippen LogP contribution is 2.22. The van der Waals surface area contributed by atoms with Crippen LogP contribution in [0.5, 0.6) is 0 Å². The summed E-state index contributed by atoms with van der Waals surface area (Å²) in [6.45, 7) is 4.82. The lowest BCUT2D eigenvalue weighted by atomic mass is 10.0. The van der Waals surface area contributed by atoms with Crippen molar-refractivity contribution in [2.24, 2.45) is 0 Å². The molecule has 2 N–H and O–H groups in total. The van der Waals surface area contributed by atoms with Crippen molar-refractivity contribution >= 4 is 11.8 Å². The Morgan fingerprint density at radius 3 is 2.71 bits per heavy atom. The van der Waals surface area contributed by atoms with Gasteiger partial charge in [-0.05, 0) is 37.8 Å². The van der Waals surface area contributed by atoms with Crippen molar-refractivity contribution in [2.75, 3.05) is 13.1 Å². The number of hydrogen-bond donors (Lipinski definition) is 2. The summed E-state index contributed by atoms with van der Waals surface area (Å²) in [6, 6.07) is 11.3. The number of nitrogens with one attached hydrogen (secondary N) is 2. The van der Waals surface area contributed by atoms with E-state index in [4.69, 9.17) is 0 Å². The lowest BCUT2D eigenvalue weighted by Gasteiger charge is -2.33. The molecule has 2 aromatic rings. The molecule has 1 aliphatic rings. The van der Waals surface area contributed by atoms with E-state index in [0.29, 0.717) is 19.5 Å². The molecular formula is C22H27N3O3. The van der Waals surface area contributed by atoms with Gasteiger partial charge in [-0.3, -0.25) is 14.4 Å². The second-order valence-electron chi connectivity index (χ2n) is 7.32. The quantitative estimate of drug-likeness (QED) is 0.835. The summed E-state index contributed by atoms with van der Waals surface area (Å²) < 4.78 is 0. The first-order chi connectivity index (χ1) is 13.5. The van der Waals surface area contributed by atoms with Gasteiger partial charge in [0, 0.05) is 36.8 Å². The number of piperidine rings is 1. The molecule has 0 saturated carbocycles. The number of rotatable bonds is 5. The Balaban J connectivity index is 1.82. The summed E-state index contributed by atoms with van der Waals surface area (Å²) in [5.41, 5.74) is 2.29. The number of aryl methyl sites for hydroxylation is 1. The van der Waals surface area contributed by atoms with Crippen LogP contribution in [0.25, 0.3) is 11.1 Å². The number of aromatic nitrogens is 1. The number of amides is 2. The van der Waals surface area contributed by atoms with E-state index in [-0.39, 0.29) is 29.0 Å². The minimum absolute atomic E-state index is 0.0151. The van der Waals surface area contributed by atoms with Crippen LogP contribution < -0.4 is 10.9 Å². The minimum Gasteiger partial charge on any atom is -0.352 e. The number of H-pyrrole nitrogens is 1. The Kier molecular flexibility index (Phi) is 6.29. The van der Waals surface area contributed by atoms with E-state index in [1.54, 1.807) is 11.0 Å². The van der Waals surface area contributed by atoms with E-state index < -0.39 is 0 Å². The van der Waals surface area contributed by atoms with E-state index in [9.17, 15) is 14.4 Å². The van der Waals surface area contributed by atoms with Crippen LogP contribution in [0.1, 0.15) is 48.7 Å². The summed E-state index contributed by atoms with van der Waals surface area (Å²) >= 11 is 0. The Bertz CT molecular complexity index is 905. The molecule has 1 aromatic carbocycles. The molecule has 0 bridgehead atoms. The average molecular weight is 381 g/mol. The van der Waals surface area contributed by atoms with Crippen molar-refractivity contribution in [3.63, 3.8) is 0 Å². The SMILES string of the molecule is CCCC(=O)N[C@@H]1CCCN(C(=O)c2cc(-c3ccccc3)c(C)[nH]c2=O)C1. The summed E-state index contributed by atoms with van der Waals surface area (Å²) in [7, 11) is 0. The molecule has 0 radical (unpaired) electrons. The molecule has 148 valence electrons. The number of likely N-dealkylation sites (tertiary alicyclic amines) is 1.